The quantitative estimate of drug-likeness (QED) is 0.521. The second-order valence-corrected chi connectivity index (χ2v) is 8.54. The summed E-state index contributed by atoms with van der Waals surface area (Å²) in [5.41, 5.74) is 7.48. The second-order valence-electron chi connectivity index (χ2n) is 8.54. The van der Waals surface area contributed by atoms with Crippen molar-refractivity contribution in [2.75, 3.05) is 17.7 Å². The lowest BCUT2D eigenvalue weighted by Crippen LogP contribution is -2.26. The molecule has 0 unspecified atom stereocenters. The number of allylic oxidation sites excluding steroid dienone is 1. The average molecular weight is 425 g/mol. The van der Waals surface area contributed by atoms with Gasteiger partial charge in [0, 0.05) is 17.7 Å². The summed E-state index contributed by atoms with van der Waals surface area (Å²) in [7, 11) is 1.67. The SMILES string of the molecule is CCc1ccc([C@@H]2Nc3ccccc3NC3=C2C(=O)C[C@H](c2ccc(OC)cc2)C3)cc1. The van der Waals surface area contributed by atoms with Gasteiger partial charge >= 0.3 is 0 Å². The van der Waals surface area contributed by atoms with Crippen LogP contribution in [0.3, 0.4) is 0 Å². The van der Waals surface area contributed by atoms with E-state index < -0.39 is 0 Å². The molecule has 2 atom stereocenters. The second kappa shape index (κ2) is 8.54. The first-order chi connectivity index (χ1) is 15.7. The van der Waals surface area contributed by atoms with Gasteiger partial charge in [-0.05, 0) is 59.7 Å². The number of hydrogen-bond acceptors (Lipinski definition) is 4. The normalized spacial score (nSPS) is 19.9. The monoisotopic (exact) mass is 424 g/mol. The summed E-state index contributed by atoms with van der Waals surface area (Å²) in [6.45, 7) is 2.16. The molecule has 4 heteroatoms. The topological polar surface area (TPSA) is 50.4 Å². The minimum absolute atomic E-state index is 0.146. The number of carbonyl (C=O) groups excluding carboxylic acids is 1. The van der Waals surface area contributed by atoms with Crippen molar-refractivity contribution in [2.24, 2.45) is 0 Å². The molecule has 0 spiro atoms. The largest absolute Gasteiger partial charge is 0.497 e. The number of benzene rings is 3. The zero-order chi connectivity index (χ0) is 22.1. The summed E-state index contributed by atoms with van der Waals surface area (Å²) in [6.07, 6.45) is 2.31. The van der Waals surface area contributed by atoms with Crippen molar-refractivity contribution in [1.82, 2.24) is 0 Å². The lowest BCUT2D eigenvalue weighted by molar-refractivity contribution is -0.116. The Balaban J connectivity index is 1.56. The van der Waals surface area contributed by atoms with Crippen LogP contribution in [0.5, 0.6) is 5.75 Å². The predicted molar refractivity (Wildman–Crippen MR) is 129 cm³/mol. The molecular formula is C28H28N2O2. The third kappa shape index (κ3) is 3.77. The minimum Gasteiger partial charge on any atom is -0.497 e. The van der Waals surface area contributed by atoms with Crippen LogP contribution in [0, 0.1) is 0 Å². The van der Waals surface area contributed by atoms with Crippen molar-refractivity contribution in [3.05, 3.63) is 101 Å². The maximum atomic E-state index is 13.6. The van der Waals surface area contributed by atoms with Crippen molar-refractivity contribution in [3.8, 4) is 5.75 Å². The van der Waals surface area contributed by atoms with E-state index in [2.05, 4.69) is 66.1 Å². The van der Waals surface area contributed by atoms with Gasteiger partial charge in [0.1, 0.15) is 5.75 Å². The van der Waals surface area contributed by atoms with E-state index in [1.807, 2.05) is 24.3 Å². The Morgan fingerprint density at radius 1 is 0.875 bits per heavy atom. The van der Waals surface area contributed by atoms with Gasteiger partial charge in [0.05, 0.1) is 24.5 Å². The van der Waals surface area contributed by atoms with Gasteiger partial charge in [0.25, 0.3) is 0 Å². The molecular weight excluding hydrogens is 396 g/mol. The van der Waals surface area contributed by atoms with E-state index in [0.29, 0.717) is 6.42 Å². The summed E-state index contributed by atoms with van der Waals surface area (Å²) in [6, 6.07) is 24.7. The van der Waals surface area contributed by atoms with Gasteiger partial charge in [-0.15, -0.1) is 0 Å². The van der Waals surface area contributed by atoms with Crippen molar-refractivity contribution in [3.63, 3.8) is 0 Å². The minimum atomic E-state index is -0.170. The summed E-state index contributed by atoms with van der Waals surface area (Å²) < 4.78 is 5.30. The smallest absolute Gasteiger partial charge is 0.163 e. The van der Waals surface area contributed by atoms with Crippen LogP contribution in [0.15, 0.2) is 84.1 Å². The zero-order valence-corrected chi connectivity index (χ0v) is 18.5. The summed E-state index contributed by atoms with van der Waals surface area (Å²) in [5, 5.41) is 7.26. The predicted octanol–water partition coefficient (Wildman–Crippen LogP) is 6.24. The number of para-hydroxylation sites is 2. The third-order valence-electron chi connectivity index (χ3n) is 6.62. The molecule has 1 heterocycles. The lowest BCUT2D eigenvalue weighted by atomic mass is 9.78. The molecule has 1 aliphatic heterocycles. The van der Waals surface area contributed by atoms with Gasteiger partial charge in [0.2, 0.25) is 0 Å². The Bertz CT molecular complexity index is 1160. The number of methoxy groups -OCH3 is 1. The van der Waals surface area contributed by atoms with Crippen LogP contribution in [-0.4, -0.2) is 12.9 Å². The van der Waals surface area contributed by atoms with Crippen molar-refractivity contribution < 1.29 is 9.53 Å². The summed E-state index contributed by atoms with van der Waals surface area (Å²) in [5.74, 6) is 1.18. The number of aryl methyl sites for hydroxylation is 1. The van der Waals surface area contributed by atoms with E-state index in [-0.39, 0.29) is 17.7 Å². The molecule has 0 radical (unpaired) electrons. The van der Waals surface area contributed by atoms with Crippen LogP contribution in [0.2, 0.25) is 0 Å². The maximum absolute atomic E-state index is 13.6. The molecule has 32 heavy (non-hydrogen) atoms. The Morgan fingerprint density at radius 2 is 1.56 bits per heavy atom. The highest BCUT2D eigenvalue weighted by atomic mass is 16.5. The van der Waals surface area contributed by atoms with Gasteiger partial charge in [-0.25, -0.2) is 0 Å². The first kappa shape index (κ1) is 20.4. The van der Waals surface area contributed by atoms with Gasteiger partial charge in [-0.2, -0.15) is 0 Å². The molecule has 5 rings (SSSR count). The van der Waals surface area contributed by atoms with Gasteiger partial charge < -0.3 is 15.4 Å². The average Bonchev–Trinajstić information content (AvgIpc) is 3.01. The highest BCUT2D eigenvalue weighted by Crippen LogP contribution is 2.44. The van der Waals surface area contributed by atoms with Crippen LogP contribution in [-0.2, 0) is 11.2 Å². The molecule has 1 aliphatic carbocycles. The number of ether oxygens (including phenoxy) is 1. The molecule has 2 N–H and O–H groups in total. The van der Waals surface area contributed by atoms with E-state index in [1.54, 1.807) is 7.11 Å². The summed E-state index contributed by atoms with van der Waals surface area (Å²) in [4.78, 5) is 13.6. The van der Waals surface area contributed by atoms with Crippen LogP contribution in [0.4, 0.5) is 11.4 Å². The molecule has 3 aromatic rings. The molecule has 0 saturated heterocycles. The molecule has 0 amide bonds. The van der Waals surface area contributed by atoms with Gasteiger partial charge in [-0.1, -0.05) is 55.5 Å². The zero-order valence-electron chi connectivity index (χ0n) is 18.5. The molecule has 0 aromatic heterocycles. The Morgan fingerprint density at radius 3 is 2.25 bits per heavy atom. The van der Waals surface area contributed by atoms with E-state index >= 15 is 0 Å². The van der Waals surface area contributed by atoms with Crippen LogP contribution in [0.25, 0.3) is 0 Å². The van der Waals surface area contributed by atoms with E-state index in [0.717, 1.165) is 46.8 Å². The number of fused-ring (bicyclic) bond motifs is 1. The van der Waals surface area contributed by atoms with E-state index in [4.69, 9.17) is 4.74 Å². The fourth-order valence-corrected chi connectivity index (χ4v) is 4.80. The highest BCUT2D eigenvalue weighted by molar-refractivity contribution is 6.01. The number of hydrogen-bond donors (Lipinski definition) is 2. The first-order valence-corrected chi connectivity index (χ1v) is 11.3. The van der Waals surface area contributed by atoms with Crippen LogP contribution in [0.1, 0.15) is 48.4 Å². The number of anilines is 2. The molecule has 0 fully saturated rings. The molecule has 4 nitrogen and oxygen atoms in total. The van der Waals surface area contributed by atoms with Crippen molar-refractivity contribution in [1.29, 1.82) is 0 Å². The number of rotatable bonds is 4. The van der Waals surface area contributed by atoms with E-state index in [9.17, 15) is 4.79 Å². The Hall–Kier alpha value is -3.53. The number of carbonyl (C=O) groups is 1. The molecule has 2 aliphatic rings. The lowest BCUT2D eigenvalue weighted by Gasteiger charge is -2.30. The number of ketones is 1. The number of Topliss-reactive ketones (excluding diaryl/α,β-unsaturated/α-hetero) is 1. The summed E-state index contributed by atoms with van der Waals surface area (Å²) >= 11 is 0. The fourth-order valence-electron chi connectivity index (χ4n) is 4.80. The van der Waals surface area contributed by atoms with Gasteiger partial charge in [-0.3, -0.25) is 4.79 Å². The molecule has 0 saturated carbocycles. The Labute approximate surface area is 189 Å². The first-order valence-electron chi connectivity index (χ1n) is 11.3. The third-order valence-corrected chi connectivity index (χ3v) is 6.62. The number of nitrogens with one attached hydrogen (secondary N) is 2. The van der Waals surface area contributed by atoms with E-state index in [1.165, 1.54) is 11.1 Å². The molecule has 162 valence electrons. The van der Waals surface area contributed by atoms with Crippen LogP contribution < -0.4 is 15.4 Å². The van der Waals surface area contributed by atoms with Gasteiger partial charge in [0.15, 0.2) is 5.78 Å². The maximum Gasteiger partial charge on any atom is 0.163 e. The van der Waals surface area contributed by atoms with Crippen molar-refractivity contribution >= 4 is 17.2 Å². The highest BCUT2D eigenvalue weighted by Gasteiger charge is 2.36. The van der Waals surface area contributed by atoms with Crippen LogP contribution >= 0.6 is 0 Å². The molecule has 3 aromatic carbocycles. The fraction of sp³-hybridized carbons (Fsp3) is 0.250. The molecule has 0 bridgehead atoms. The van der Waals surface area contributed by atoms with Crippen molar-refractivity contribution in [2.45, 2.75) is 38.1 Å². The standard InChI is InChI=1S/C28H28N2O2/c1-3-18-8-10-20(11-9-18)28-27-25(29-23-6-4-5-7-24(23)30-28)16-21(17-26(27)31)19-12-14-22(32-2)15-13-19/h4-15,21,28-30H,3,16-17H2,1-2H3/t21-,28+/m1/s1. The Kier molecular flexibility index (Phi) is 5.44.